The van der Waals surface area contributed by atoms with E-state index in [4.69, 9.17) is 10.5 Å². The number of methoxy groups -OCH3 is 1. The van der Waals surface area contributed by atoms with Crippen molar-refractivity contribution in [2.75, 3.05) is 12.8 Å². The number of nitrogens with zero attached hydrogens (tertiary/aromatic N) is 2. The van der Waals surface area contributed by atoms with E-state index in [0.29, 0.717) is 11.4 Å². The van der Waals surface area contributed by atoms with Gasteiger partial charge in [0.05, 0.1) is 29.5 Å². The van der Waals surface area contributed by atoms with Gasteiger partial charge in [-0.25, -0.2) is 4.98 Å². The molecule has 0 aliphatic heterocycles. The summed E-state index contributed by atoms with van der Waals surface area (Å²) in [5.41, 5.74) is 12.1. The Morgan fingerprint density at radius 3 is 2.60 bits per heavy atom. The molecule has 3 aromatic rings. The van der Waals surface area contributed by atoms with Gasteiger partial charge in [-0.1, -0.05) is 0 Å². The highest BCUT2D eigenvalue weighted by Gasteiger charge is 2.08. The number of nitrogens with two attached hydrogens (primary N) is 1. The van der Waals surface area contributed by atoms with Crippen molar-refractivity contribution in [3.8, 4) is 11.4 Å². The lowest BCUT2D eigenvalue weighted by molar-refractivity contribution is 0.417. The van der Waals surface area contributed by atoms with E-state index in [1.54, 1.807) is 7.11 Å². The Kier molecular flexibility index (Phi) is 2.86. The third kappa shape index (κ3) is 1.90. The van der Waals surface area contributed by atoms with Gasteiger partial charge in [-0.2, -0.15) is 0 Å². The first kappa shape index (κ1) is 12.5. The topological polar surface area (TPSA) is 53.1 Å². The smallest absolute Gasteiger partial charge is 0.143 e. The van der Waals surface area contributed by atoms with Crippen molar-refractivity contribution in [3.63, 3.8) is 0 Å². The molecule has 1 aromatic heterocycles. The second-order valence-electron chi connectivity index (χ2n) is 4.97. The van der Waals surface area contributed by atoms with Gasteiger partial charge in [0.2, 0.25) is 0 Å². The molecule has 20 heavy (non-hydrogen) atoms. The molecule has 4 nitrogen and oxygen atoms in total. The number of rotatable bonds is 2. The van der Waals surface area contributed by atoms with Gasteiger partial charge in [0.15, 0.2) is 0 Å². The summed E-state index contributed by atoms with van der Waals surface area (Å²) in [6, 6.07) is 10.00. The summed E-state index contributed by atoms with van der Waals surface area (Å²) in [6.07, 6.45) is 1.83. The van der Waals surface area contributed by atoms with Crippen LogP contribution in [0.5, 0.6) is 5.75 Å². The summed E-state index contributed by atoms with van der Waals surface area (Å²) in [7, 11) is 1.62. The maximum Gasteiger partial charge on any atom is 0.143 e. The van der Waals surface area contributed by atoms with Gasteiger partial charge in [0.25, 0.3) is 0 Å². The van der Waals surface area contributed by atoms with E-state index in [-0.39, 0.29) is 0 Å². The largest absolute Gasteiger partial charge is 0.495 e. The first-order chi connectivity index (χ1) is 9.60. The van der Waals surface area contributed by atoms with Crippen LogP contribution in [0.25, 0.3) is 16.7 Å². The molecule has 0 bridgehead atoms. The number of nitrogen functional groups attached to an aromatic ring is 1. The molecule has 0 amide bonds. The number of ether oxygens (including phenoxy) is 1. The fraction of sp³-hybridized carbons (Fsp3) is 0.188. The SMILES string of the molecule is COc1cc(-n2cnc3cc(C)c(C)cc32)ccc1N. The number of aromatic nitrogens is 2. The van der Waals surface area contributed by atoms with Crippen molar-refractivity contribution in [1.82, 2.24) is 9.55 Å². The van der Waals surface area contributed by atoms with Gasteiger partial charge in [-0.05, 0) is 49.2 Å². The first-order valence-electron chi connectivity index (χ1n) is 6.48. The van der Waals surface area contributed by atoms with Crippen molar-refractivity contribution in [3.05, 3.63) is 47.8 Å². The molecule has 2 aromatic carbocycles. The Morgan fingerprint density at radius 1 is 1.10 bits per heavy atom. The van der Waals surface area contributed by atoms with Crippen molar-refractivity contribution < 1.29 is 4.74 Å². The fourth-order valence-corrected chi connectivity index (χ4v) is 2.32. The lowest BCUT2D eigenvalue weighted by Crippen LogP contribution is -1.97. The maximum atomic E-state index is 5.86. The van der Waals surface area contributed by atoms with E-state index in [1.165, 1.54) is 11.1 Å². The van der Waals surface area contributed by atoms with Crippen molar-refractivity contribution in [1.29, 1.82) is 0 Å². The molecule has 1 heterocycles. The van der Waals surface area contributed by atoms with E-state index >= 15 is 0 Å². The van der Waals surface area contributed by atoms with E-state index in [2.05, 4.69) is 31.0 Å². The summed E-state index contributed by atoms with van der Waals surface area (Å²) in [6.45, 7) is 4.20. The average molecular weight is 267 g/mol. The summed E-state index contributed by atoms with van der Waals surface area (Å²) in [5, 5.41) is 0. The van der Waals surface area contributed by atoms with Gasteiger partial charge in [-0.3, -0.25) is 4.57 Å². The molecule has 102 valence electrons. The molecular formula is C16H17N3O. The van der Waals surface area contributed by atoms with E-state index in [0.717, 1.165) is 16.7 Å². The average Bonchev–Trinajstić information content (AvgIpc) is 2.83. The minimum Gasteiger partial charge on any atom is -0.495 e. The summed E-state index contributed by atoms with van der Waals surface area (Å²) in [4.78, 5) is 4.47. The summed E-state index contributed by atoms with van der Waals surface area (Å²) >= 11 is 0. The Labute approximate surface area is 117 Å². The predicted octanol–water partition coefficient (Wildman–Crippen LogP) is 3.23. The maximum absolute atomic E-state index is 5.86. The Hall–Kier alpha value is -2.49. The molecule has 0 radical (unpaired) electrons. The van der Waals surface area contributed by atoms with Crippen LogP contribution in [0.15, 0.2) is 36.7 Å². The van der Waals surface area contributed by atoms with E-state index in [1.807, 2.05) is 29.1 Å². The highest BCUT2D eigenvalue weighted by molar-refractivity contribution is 5.79. The molecule has 0 saturated heterocycles. The zero-order chi connectivity index (χ0) is 14.3. The number of benzene rings is 2. The standard InChI is InChI=1S/C16H17N3O/c1-10-6-14-15(7-11(10)2)19(9-18-14)12-4-5-13(17)16(8-12)20-3/h4-9H,17H2,1-3H3. The molecule has 0 aliphatic carbocycles. The van der Waals surface area contributed by atoms with E-state index < -0.39 is 0 Å². The summed E-state index contributed by atoms with van der Waals surface area (Å²) in [5.74, 6) is 0.674. The van der Waals surface area contributed by atoms with Crippen LogP contribution >= 0.6 is 0 Å². The molecule has 4 heteroatoms. The molecule has 3 rings (SSSR count). The molecular weight excluding hydrogens is 250 g/mol. The zero-order valence-corrected chi connectivity index (χ0v) is 11.8. The number of imidazole rings is 1. The van der Waals surface area contributed by atoms with Gasteiger partial charge in [0.1, 0.15) is 12.1 Å². The normalized spacial score (nSPS) is 10.9. The van der Waals surface area contributed by atoms with Crippen LogP contribution in [0.4, 0.5) is 5.69 Å². The monoisotopic (exact) mass is 267 g/mol. The van der Waals surface area contributed by atoms with Crippen LogP contribution < -0.4 is 10.5 Å². The van der Waals surface area contributed by atoms with E-state index in [9.17, 15) is 0 Å². The van der Waals surface area contributed by atoms with Gasteiger partial charge >= 0.3 is 0 Å². The van der Waals surface area contributed by atoms with Crippen molar-refractivity contribution in [2.24, 2.45) is 0 Å². The van der Waals surface area contributed by atoms with Crippen LogP contribution in [0.2, 0.25) is 0 Å². The number of anilines is 1. The zero-order valence-electron chi connectivity index (χ0n) is 11.8. The Morgan fingerprint density at radius 2 is 1.85 bits per heavy atom. The van der Waals surface area contributed by atoms with Gasteiger partial charge in [-0.15, -0.1) is 0 Å². The third-order valence-electron chi connectivity index (χ3n) is 3.66. The Bertz CT molecular complexity index is 790. The lowest BCUT2D eigenvalue weighted by Gasteiger charge is -2.09. The molecule has 0 spiro atoms. The minimum atomic E-state index is 0.632. The van der Waals surface area contributed by atoms with Crippen LogP contribution in [0.3, 0.4) is 0 Å². The highest BCUT2D eigenvalue weighted by atomic mass is 16.5. The van der Waals surface area contributed by atoms with Crippen LogP contribution in [-0.4, -0.2) is 16.7 Å². The summed E-state index contributed by atoms with van der Waals surface area (Å²) < 4.78 is 7.33. The molecule has 0 aliphatic rings. The second kappa shape index (κ2) is 4.56. The molecule has 0 saturated carbocycles. The molecule has 0 atom stereocenters. The number of hydrogen-bond donors (Lipinski definition) is 1. The number of hydrogen-bond acceptors (Lipinski definition) is 3. The number of aryl methyl sites for hydroxylation is 2. The molecule has 0 fully saturated rings. The minimum absolute atomic E-state index is 0.632. The van der Waals surface area contributed by atoms with Crippen LogP contribution in [0, 0.1) is 13.8 Å². The van der Waals surface area contributed by atoms with Crippen LogP contribution in [-0.2, 0) is 0 Å². The van der Waals surface area contributed by atoms with Crippen LogP contribution in [0.1, 0.15) is 11.1 Å². The van der Waals surface area contributed by atoms with Crippen molar-refractivity contribution >= 4 is 16.7 Å². The first-order valence-corrected chi connectivity index (χ1v) is 6.48. The molecule has 2 N–H and O–H groups in total. The fourth-order valence-electron chi connectivity index (χ4n) is 2.32. The third-order valence-corrected chi connectivity index (χ3v) is 3.66. The molecule has 0 unspecified atom stereocenters. The predicted molar refractivity (Wildman–Crippen MR) is 81.5 cm³/mol. The second-order valence-corrected chi connectivity index (χ2v) is 4.97. The Balaban J connectivity index is 2.22. The lowest BCUT2D eigenvalue weighted by atomic mass is 10.1. The quantitative estimate of drug-likeness (QED) is 0.725. The van der Waals surface area contributed by atoms with Gasteiger partial charge < -0.3 is 10.5 Å². The van der Waals surface area contributed by atoms with Gasteiger partial charge in [0, 0.05) is 6.07 Å². The number of fused-ring (bicyclic) bond motifs is 1. The highest BCUT2D eigenvalue weighted by Crippen LogP contribution is 2.27. The van der Waals surface area contributed by atoms with Crippen molar-refractivity contribution in [2.45, 2.75) is 13.8 Å².